The van der Waals surface area contributed by atoms with Crippen molar-refractivity contribution in [1.82, 2.24) is 9.80 Å². The van der Waals surface area contributed by atoms with Crippen LogP contribution in [-0.2, 0) is 14.3 Å². The highest BCUT2D eigenvalue weighted by atomic mass is 16.6. The lowest BCUT2D eigenvalue weighted by Crippen LogP contribution is -2.55. The molecule has 0 N–H and O–H groups in total. The maximum atomic E-state index is 12.8. The zero-order valence-electron chi connectivity index (χ0n) is 20.3. The third-order valence-corrected chi connectivity index (χ3v) is 7.68. The molecule has 0 aliphatic carbocycles. The first-order valence-electron chi connectivity index (χ1n) is 12.5. The van der Waals surface area contributed by atoms with Crippen LogP contribution in [0.3, 0.4) is 0 Å². The highest BCUT2D eigenvalue weighted by Crippen LogP contribution is 2.41. The molecule has 2 amide bonds. The van der Waals surface area contributed by atoms with Crippen LogP contribution < -0.4 is 0 Å². The predicted octanol–water partition coefficient (Wildman–Crippen LogP) is 3.31. The van der Waals surface area contributed by atoms with Crippen LogP contribution in [0, 0.1) is 5.92 Å². The summed E-state index contributed by atoms with van der Waals surface area (Å²) in [5.74, 6) is -1.80. The fourth-order valence-corrected chi connectivity index (χ4v) is 5.97. The van der Waals surface area contributed by atoms with E-state index in [-0.39, 0.29) is 29.9 Å². The van der Waals surface area contributed by atoms with Gasteiger partial charge in [-0.2, -0.15) is 0 Å². The summed E-state index contributed by atoms with van der Waals surface area (Å²) >= 11 is 0. The minimum absolute atomic E-state index is 0.0657. The Balaban J connectivity index is 1.20. The fraction of sp³-hybridized carbons (Fsp3) is 0.429. The van der Waals surface area contributed by atoms with Gasteiger partial charge in [-0.25, -0.2) is 4.79 Å². The molecule has 3 aliphatic heterocycles. The molecule has 8 nitrogen and oxygen atoms in total. The van der Waals surface area contributed by atoms with Gasteiger partial charge in [-0.3, -0.25) is 24.2 Å². The Morgan fingerprint density at radius 1 is 0.889 bits per heavy atom. The maximum Gasteiger partial charge on any atom is 0.338 e. The number of rotatable bonds is 8. The van der Waals surface area contributed by atoms with E-state index in [2.05, 4.69) is 4.90 Å². The van der Waals surface area contributed by atoms with Crippen LogP contribution in [0.5, 0.6) is 0 Å². The SMILES string of the molecule is COC(=O)C1C(OC(=O)c2ccccc2)CC2CCC1N2CCCCN1C(=O)c2ccccc2C1=O. The van der Waals surface area contributed by atoms with Gasteiger partial charge in [0, 0.05) is 25.0 Å². The van der Waals surface area contributed by atoms with Gasteiger partial charge in [0.05, 0.1) is 23.8 Å². The van der Waals surface area contributed by atoms with Gasteiger partial charge in [0.25, 0.3) is 11.8 Å². The van der Waals surface area contributed by atoms with E-state index >= 15 is 0 Å². The number of methoxy groups -OCH3 is 1. The average Bonchev–Trinajstić information content (AvgIpc) is 3.32. The number of amides is 2. The van der Waals surface area contributed by atoms with Crippen molar-refractivity contribution in [2.45, 2.75) is 50.3 Å². The number of piperidine rings is 1. The van der Waals surface area contributed by atoms with Crippen LogP contribution >= 0.6 is 0 Å². The van der Waals surface area contributed by atoms with Crippen molar-refractivity contribution in [1.29, 1.82) is 0 Å². The minimum atomic E-state index is -0.544. The molecule has 5 rings (SSSR count). The number of carbonyl (C=O) groups excluding carboxylic acids is 4. The first-order chi connectivity index (χ1) is 17.5. The maximum absolute atomic E-state index is 12.8. The van der Waals surface area contributed by atoms with Crippen LogP contribution in [0.15, 0.2) is 54.6 Å². The van der Waals surface area contributed by atoms with Gasteiger partial charge in [0.1, 0.15) is 12.0 Å². The van der Waals surface area contributed by atoms with E-state index in [1.807, 2.05) is 6.07 Å². The summed E-state index contributed by atoms with van der Waals surface area (Å²) in [7, 11) is 1.37. The Labute approximate surface area is 210 Å². The van der Waals surface area contributed by atoms with Crippen molar-refractivity contribution < 1.29 is 28.7 Å². The van der Waals surface area contributed by atoms with Crippen LogP contribution in [0.4, 0.5) is 0 Å². The number of ether oxygens (including phenoxy) is 2. The molecule has 0 saturated carbocycles. The lowest BCUT2D eigenvalue weighted by molar-refractivity contribution is -0.156. The summed E-state index contributed by atoms with van der Waals surface area (Å²) in [5.41, 5.74) is 1.39. The second-order valence-electron chi connectivity index (χ2n) is 9.65. The number of imide groups is 1. The summed E-state index contributed by atoms with van der Waals surface area (Å²) in [6.45, 7) is 1.11. The second kappa shape index (κ2) is 10.2. The Kier molecular flexibility index (Phi) is 6.87. The first kappa shape index (κ1) is 24.2. The molecule has 2 bridgehead atoms. The molecule has 188 valence electrons. The molecule has 0 radical (unpaired) electrons. The van der Waals surface area contributed by atoms with Gasteiger partial charge >= 0.3 is 11.9 Å². The van der Waals surface area contributed by atoms with E-state index in [0.29, 0.717) is 36.1 Å². The zero-order chi connectivity index (χ0) is 25.2. The minimum Gasteiger partial charge on any atom is -0.469 e. The summed E-state index contributed by atoms with van der Waals surface area (Å²) < 4.78 is 11.0. The van der Waals surface area contributed by atoms with E-state index in [1.165, 1.54) is 12.0 Å². The molecule has 2 aromatic rings. The Hall–Kier alpha value is -3.52. The van der Waals surface area contributed by atoms with E-state index in [4.69, 9.17) is 9.47 Å². The van der Waals surface area contributed by atoms with Crippen LogP contribution in [0.1, 0.15) is 63.2 Å². The number of carbonyl (C=O) groups is 4. The number of benzene rings is 2. The molecule has 2 aromatic carbocycles. The van der Waals surface area contributed by atoms with E-state index in [0.717, 1.165) is 25.8 Å². The molecule has 0 spiro atoms. The van der Waals surface area contributed by atoms with Gasteiger partial charge in [-0.15, -0.1) is 0 Å². The summed E-state index contributed by atoms with van der Waals surface area (Å²) in [4.78, 5) is 54.3. The molecule has 0 aromatic heterocycles. The molecule has 4 atom stereocenters. The van der Waals surface area contributed by atoms with Crippen molar-refractivity contribution in [3.05, 3.63) is 71.3 Å². The Bertz CT molecular complexity index is 1130. The Morgan fingerprint density at radius 2 is 1.53 bits per heavy atom. The first-order valence-corrected chi connectivity index (χ1v) is 12.5. The van der Waals surface area contributed by atoms with Gasteiger partial charge in [0.15, 0.2) is 0 Å². The Morgan fingerprint density at radius 3 is 2.19 bits per heavy atom. The lowest BCUT2D eigenvalue weighted by Gasteiger charge is -2.42. The highest BCUT2D eigenvalue weighted by Gasteiger charge is 2.52. The van der Waals surface area contributed by atoms with Gasteiger partial charge < -0.3 is 9.47 Å². The number of fused-ring (bicyclic) bond motifs is 3. The largest absolute Gasteiger partial charge is 0.469 e. The van der Waals surface area contributed by atoms with Gasteiger partial charge in [-0.05, 0) is 56.5 Å². The predicted molar refractivity (Wildman–Crippen MR) is 130 cm³/mol. The topological polar surface area (TPSA) is 93.2 Å². The molecular formula is C28H30N2O6. The number of hydrogen-bond acceptors (Lipinski definition) is 7. The third kappa shape index (κ3) is 4.41. The van der Waals surface area contributed by atoms with Gasteiger partial charge in [-0.1, -0.05) is 30.3 Å². The van der Waals surface area contributed by atoms with Crippen molar-refractivity contribution in [2.75, 3.05) is 20.2 Å². The highest BCUT2D eigenvalue weighted by molar-refractivity contribution is 6.21. The second-order valence-corrected chi connectivity index (χ2v) is 9.65. The monoisotopic (exact) mass is 490 g/mol. The number of hydrogen-bond donors (Lipinski definition) is 0. The van der Waals surface area contributed by atoms with Crippen molar-refractivity contribution in [2.24, 2.45) is 5.92 Å². The molecule has 3 aliphatic rings. The lowest BCUT2D eigenvalue weighted by atomic mass is 9.87. The van der Waals surface area contributed by atoms with E-state index < -0.39 is 18.0 Å². The van der Waals surface area contributed by atoms with Crippen molar-refractivity contribution in [3.8, 4) is 0 Å². The fourth-order valence-electron chi connectivity index (χ4n) is 5.97. The standard InChI is InChI=1S/C28H30N2O6/c1-35-28(34)24-22-14-13-19(17-23(24)36-27(33)18-9-3-2-4-10-18)29(22)15-7-8-16-30-25(31)20-11-5-6-12-21(20)26(30)32/h2-6,9-12,19,22-24H,7-8,13-17H2,1H3. The normalized spacial score (nSPS) is 25.1. The third-order valence-electron chi connectivity index (χ3n) is 7.68. The molecule has 2 fully saturated rings. The van der Waals surface area contributed by atoms with Crippen molar-refractivity contribution >= 4 is 23.8 Å². The summed E-state index contributed by atoms with van der Waals surface area (Å²) in [5, 5.41) is 0. The molecule has 2 saturated heterocycles. The molecule has 8 heteroatoms. The summed E-state index contributed by atoms with van der Waals surface area (Å²) in [6.07, 6.45) is 3.27. The zero-order valence-corrected chi connectivity index (χ0v) is 20.3. The molecule has 3 heterocycles. The average molecular weight is 491 g/mol. The quantitative estimate of drug-likeness (QED) is 0.318. The smallest absolute Gasteiger partial charge is 0.338 e. The number of nitrogens with zero attached hydrogens (tertiary/aromatic N) is 2. The van der Waals surface area contributed by atoms with Crippen LogP contribution in [0.25, 0.3) is 0 Å². The molecule has 4 unspecified atom stereocenters. The van der Waals surface area contributed by atoms with Crippen molar-refractivity contribution in [3.63, 3.8) is 0 Å². The van der Waals surface area contributed by atoms with Crippen LogP contribution in [-0.4, -0.2) is 71.9 Å². The number of unbranched alkanes of at least 4 members (excludes halogenated alkanes) is 1. The van der Waals surface area contributed by atoms with E-state index in [9.17, 15) is 19.2 Å². The van der Waals surface area contributed by atoms with Crippen LogP contribution in [0.2, 0.25) is 0 Å². The molecule has 36 heavy (non-hydrogen) atoms. The number of esters is 2. The van der Waals surface area contributed by atoms with E-state index in [1.54, 1.807) is 48.5 Å². The van der Waals surface area contributed by atoms with Gasteiger partial charge in [0.2, 0.25) is 0 Å². The molecular weight excluding hydrogens is 460 g/mol. The summed E-state index contributed by atoms with van der Waals surface area (Å²) in [6, 6.07) is 15.9.